The molecule has 0 amide bonds. The van der Waals surface area contributed by atoms with Gasteiger partial charge >= 0.3 is 5.97 Å². The zero-order chi connectivity index (χ0) is 13.4. The van der Waals surface area contributed by atoms with Crippen molar-refractivity contribution in [1.29, 1.82) is 0 Å². The third-order valence-corrected chi connectivity index (χ3v) is 3.47. The van der Waals surface area contributed by atoms with Crippen molar-refractivity contribution in [1.82, 2.24) is 0 Å². The fourth-order valence-electron chi connectivity index (χ4n) is 2.56. The Bertz CT molecular complexity index is 348. The van der Waals surface area contributed by atoms with Crippen LogP contribution in [0.3, 0.4) is 0 Å². The van der Waals surface area contributed by atoms with Crippen molar-refractivity contribution in [2.75, 3.05) is 6.61 Å². The number of carboxylic acids is 1. The van der Waals surface area contributed by atoms with E-state index in [4.69, 9.17) is 10.2 Å². The molecule has 0 spiro atoms. The summed E-state index contributed by atoms with van der Waals surface area (Å²) < 4.78 is 0. The van der Waals surface area contributed by atoms with Crippen molar-refractivity contribution in [3.63, 3.8) is 0 Å². The van der Waals surface area contributed by atoms with E-state index in [1.54, 1.807) is 0 Å². The lowest BCUT2D eigenvalue weighted by Crippen LogP contribution is -2.16. The van der Waals surface area contributed by atoms with Gasteiger partial charge in [-0.15, -0.1) is 0 Å². The monoisotopic (exact) mass is 250 g/mol. The summed E-state index contributed by atoms with van der Waals surface area (Å²) in [6.45, 7) is 2.23. The first-order valence-electron chi connectivity index (χ1n) is 6.56. The van der Waals surface area contributed by atoms with E-state index in [-0.39, 0.29) is 18.9 Å². The highest BCUT2D eigenvalue weighted by Gasteiger charge is 2.21. The minimum Gasteiger partial charge on any atom is -0.481 e. The largest absolute Gasteiger partial charge is 0.481 e. The quantitative estimate of drug-likeness (QED) is 0.745. The van der Waals surface area contributed by atoms with E-state index >= 15 is 0 Å². The Hall–Kier alpha value is -1.35. The number of hydrogen-bond donors (Lipinski definition) is 2. The summed E-state index contributed by atoms with van der Waals surface area (Å²) >= 11 is 0. The molecule has 1 rings (SSSR count). The van der Waals surface area contributed by atoms with E-state index in [2.05, 4.69) is 19.1 Å². The maximum atomic E-state index is 10.7. The number of aliphatic carboxylic acids is 1. The van der Waals surface area contributed by atoms with Crippen LogP contribution in [0.15, 0.2) is 30.3 Å². The first kappa shape index (κ1) is 14.7. The summed E-state index contributed by atoms with van der Waals surface area (Å²) in [4.78, 5) is 10.7. The van der Waals surface area contributed by atoms with Crippen LogP contribution in [0.1, 0.15) is 44.1 Å². The topological polar surface area (TPSA) is 57.5 Å². The first-order valence-corrected chi connectivity index (χ1v) is 6.56. The Morgan fingerprint density at radius 3 is 2.39 bits per heavy atom. The van der Waals surface area contributed by atoms with Crippen molar-refractivity contribution in [2.45, 2.75) is 38.5 Å². The summed E-state index contributed by atoms with van der Waals surface area (Å²) in [7, 11) is 0. The van der Waals surface area contributed by atoms with E-state index in [0.29, 0.717) is 18.8 Å². The van der Waals surface area contributed by atoms with Crippen LogP contribution < -0.4 is 0 Å². The van der Waals surface area contributed by atoms with E-state index in [0.717, 1.165) is 6.42 Å². The van der Waals surface area contributed by atoms with E-state index < -0.39 is 5.97 Å². The molecule has 0 aromatic heterocycles. The highest BCUT2D eigenvalue weighted by atomic mass is 16.4. The molecule has 0 aliphatic carbocycles. The molecule has 0 saturated carbocycles. The predicted octanol–water partition coefficient (Wildman–Crippen LogP) is 3.04. The summed E-state index contributed by atoms with van der Waals surface area (Å²) in [5, 5.41) is 17.9. The Morgan fingerprint density at radius 2 is 1.89 bits per heavy atom. The minimum absolute atomic E-state index is 0.119. The molecule has 18 heavy (non-hydrogen) atoms. The molecular formula is C15H22O3. The number of carbonyl (C=O) groups is 1. The second kappa shape index (κ2) is 7.88. The van der Waals surface area contributed by atoms with Crippen LogP contribution in [0.25, 0.3) is 0 Å². The zero-order valence-corrected chi connectivity index (χ0v) is 10.9. The van der Waals surface area contributed by atoms with Crippen LogP contribution in [0, 0.1) is 5.92 Å². The molecule has 3 nitrogen and oxygen atoms in total. The van der Waals surface area contributed by atoms with Gasteiger partial charge in [-0.3, -0.25) is 4.79 Å². The van der Waals surface area contributed by atoms with Crippen LogP contribution in [-0.2, 0) is 4.79 Å². The van der Waals surface area contributed by atoms with E-state index in [9.17, 15) is 4.79 Å². The number of rotatable bonds is 8. The maximum Gasteiger partial charge on any atom is 0.303 e. The van der Waals surface area contributed by atoms with Gasteiger partial charge in [-0.25, -0.2) is 0 Å². The van der Waals surface area contributed by atoms with Gasteiger partial charge in [0.1, 0.15) is 0 Å². The minimum atomic E-state index is -0.763. The smallest absolute Gasteiger partial charge is 0.303 e. The first-order chi connectivity index (χ1) is 8.69. The van der Waals surface area contributed by atoms with Crippen LogP contribution in [0.2, 0.25) is 0 Å². The third kappa shape index (κ3) is 4.49. The van der Waals surface area contributed by atoms with Gasteiger partial charge in [0, 0.05) is 13.0 Å². The van der Waals surface area contributed by atoms with Gasteiger partial charge in [0.25, 0.3) is 0 Å². The Morgan fingerprint density at radius 1 is 1.22 bits per heavy atom. The Labute approximate surface area is 108 Å². The van der Waals surface area contributed by atoms with Gasteiger partial charge < -0.3 is 10.2 Å². The molecule has 0 saturated heterocycles. The molecule has 0 heterocycles. The molecule has 2 unspecified atom stereocenters. The molecule has 0 radical (unpaired) electrons. The summed E-state index contributed by atoms with van der Waals surface area (Å²) in [6, 6.07) is 10.2. The second-order valence-electron chi connectivity index (χ2n) is 4.63. The van der Waals surface area contributed by atoms with Gasteiger partial charge in [-0.05, 0) is 36.7 Å². The lowest BCUT2D eigenvalue weighted by molar-refractivity contribution is -0.137. The number of aliphatic hydroxyl groups is 1. The van der Waals surface area contributed by atoms with Crippen LogP contribution in [-0.4, -0.2) is 22.8 Å². The van der Waals surface area contributed by atoms with E-state index in [1.807, 2.05) is 18.2 Å². The molecule has 100 valence electrons. The lowest BCUT2D eigenvalue weighted by Gasteiger charge is -2.26. The molecule has 3 heteroatoms. The van der Waals surface area contributed by atoms with Crippen molar-refractivity contribution in [3.8, 4) is 0 Å². The molecule has 0 fully saturated rings. The fourth-order valence-corrected chi connectivity index (χ4v) is 2.56. The van der Waals surface area contributed by atoms with Gasteiger partial charge in [-0.1, -0.05) is 37.3 Å². The maximum absolute atomic E-state index is 10.7. The normalized spacial score (nSPS) is 14.1. The molecule has 0 bridgehead atoms. The number of benzene rings is 1. The lowest BCUT2D eigenvalue weighted by atomic mass is 9.80. The fraction of sp³-hybridized carbons (Fsp3) is 0.533. The summed E-state index contributed by atoms with van der Waals surface area (Å²) in [5.41, 5.74) is 1.24. The molecule has 2 atom stereocenters. The number of aliphatic hydroxyl groups excluding tert-OH is 1. The Kier molecular flexibility index (Phi) is 6.44. The predicted molar refractivity (Wildman–Crippen MR) is 71.5 cm³/mol. The Balaban J connectivity index is 2.77. The SMILES string of the molecule is CCC(c1ccccc1)C(CCO)CCC(=O)O. The summed E-state index contributed by atoms with van der Waals surface area (Å²) in [6.07, 6.45) is 2.44. The standard InChI is InChI=1S/C15H22O3/c1-2-14(12-6-4-3-5-7-12)13(10-11-16)8-9-15(17)18/h3-7,13-14,16H,2,8-11H2,1H3,(H,17,18). The van der Waals surface area contributed by atoms with Gasteiger partial charge in [-0.2, -0.15) is 0 Å². The van der Waals surface area contributed by atoms with Gasteiger partial charge in [0.2, 0.25) is 0 Å². The molecule has 1 aromatic rings. The van der Waals surface area contributed by atoms with Gasteiger partial charge in [0.05, 0.1) is 0 Å². The van der Waals surface area contributed by atoms with Crippen LogP contribution >= 0.6 is 0 Å². The van der Waals surface area contributed by atoms with Crippen molar-refractivity contribution in [2.24, 2.45) is 5.92 Å². The molecular weight excluding hydrogens is 228 g/mol. The highest BCUT2D eigenvalue weighted by Crippen LogP contribution is 2.33. The average molecular weight is 250 g/mol. The van der Waals surface area contributed by atoms with Crippen LogP contribution in [0.4, 0.5) is 0 Å². The molecule has 2 N–H and O–H groups in total. The van der Waals surface area contributed by atoms with Crippen molar-refractivity contribution >= 4 is 5.97 Å². The molecule has 1 aromatic carbocycles. The third-order valence-electron chi connectivity index (χ3n) is 3.47. The molecule has 0 aliphatic rings. The van der Waals surface area contributed by atoms with Gasteiger partial charge in [0.15, 0.2) is 0 Å². The second-order valence-corrected chi connectivity index (χ2v) is 4.63. The number of carboxylic acid groups (broad SMARTS) is 1. The average Bonchev–Trinajstić information content (AvgIpc) is 2.38. The zero-order valence-electron chi connectivity index (χ0n) is 10.9. The molecule has 0 aliphatic heterocycles. The van der Waals surface area contributed by atoms with Crippen molar-refractivity contribution in [3.05, 3.63) is 35.9 Å². The summed E-state index contributed by atoms with van der Waals surface area (Å²) in [5.74, 6) is -0.197. The van der Waals surface area contributed by atoms with E-state index in [1.165, 1.54) is 5.56 Å². The highest BCUT2D eigenvalue weighted by molar-refractivity contribution is 5.66. The number of hydrogen-bond acceptors (Lipinski definition) is 2. The van der Waals surface area contributed by atoms with Crippen molar-refractivity contribution < 1.29 is 15.0 Å². The van der Waals surface area contributed by atoms with Crippen LogP contribution in [0.5, 0.6) is 0 Å².